The van der Waals surface area contributed by atoms with Crippen LogP contribution in [0.2, 0.25) is 5.02 Å². The van der Waals surface area contributed by atoms with Crippen LogP contribution in [0.5, 0.6) is 0 Å². The first-order valence-corrected chi connectivity index (χ1v) is 13.4. The number of likely N-dealkylation sites (tertiary alicyclic amines) is 1. The lowest BCUT2D eigenvalue weighted by Crippen LogP contribution is -2.43. The van der Waals surface area contributed by atoms with Gasteiger partial charge in [0, 0.05) is 40.7 Å². The molecule has 1 saturated heterocycles. The van der Waals surface area contributed by atoms with Crippen molar-refractivity contribution in [3.63, 3.8) is 0 Å². The Bertz CT molecular complexity index is 1210. The van der Waals surface area contributed by atoms with Crippen LogP contribution in [-0.4, -0.2) is 46.0 Å². The normalized spacial score (nSPS) is 15.1. The highest BCUT2D eigenvalue weighted by molar-refractivity contribution is 7.10. The van der Waals surface area contributed by atoms with Crippen LogP contribution in [0, 0.1) is 5.82 Å². The molecule has 2 N–H and O–H groups in total. The standard InChI is InChI=1S/C27H29ClFN3O3S/c1-2-3-4-24(33)27(35)32-13-11-18(12-14-32)26-31-23(16-36-26)25(34)30-22-10-9-20(29)15-21(22)17-5-7-19(28)8-6-17/h5-10,15-16,18,24,33H,2-4,11-14H2,1H3,(H,30,34). The molecule has 0 bridgehead atoms. The first-order valence-electron chi connectivity index (χ1n) is 12.1. The van der Waals surface area contributed by atoms with E-state index in [1.54, 1.807) is 34.5 Å². The van der Waals surface area contributed by atoms with Crippen LogP contribution in [0.1, 0.15) is 60.4 Å². The summed E-state index contributed by atoms with van der Waals surface area (Å²) >= 11 is 7.40. The van der Waals surface area contributed by atoms with Gasteiger partial charge in [-0.1, -0.05) is 43.5 Å². The van der Waals surface area contributed by atoms with Gasteiger partial charge in [-0.2, -0.15) is 0 Å². The van der Waals surface area contributed by atoms with Crippen LogP contribution < -0.4 is 5.32 Å². The van der Waals surface area contributed by atoms with Gasteiger partial charge in [-0.15, -0.1) is 11.3 Å². The Labute approximate surface area is 219 Å². The maximum atomic E-state index is 14.0. The van der Waals surface area contributed by atoms with Crippen molar-refractivity contribution in [3.8, 4) is 11.1 Å². The summed E-state index contributed by atoms with van der Waals surface area (Å²) in [5.74, 6) is -0.816. The Balaban J connectivity index is 1.40. The number of thiazole rings is 1. The second kappa shape index (κ2) is 12.0. The molecule has 4 rings (SSSR count). The van der Waals surface area contributed by atoms with Crippen molar-refractivity contribution in [1.29, 1.82) is 0 Å². The molecular formula is C27H29ClFN3O3S. The molecular weight excluding hydrogens is 501 g/mol. The number of nitrogens with one attached hydrogen (secondary N) is 1. The first kappa shape index (κ1) is 26.3. The van der Waals surface area contributed by atoms with Gasteiger partial charge >= 0.3 is 0 Å². The van der Waals surface area contributed by atoms with E-state index in [1.807, 2.05) is 6.92 Å². The lowest BCUT2D eigenvalue weighted by Gasteiger charge is -2.32. The average molecular weight is 530 g/mol. The minimum Gasteiger partial charge on any atom is -0.383 e. The van der Waals surface area contributed by atoms with Gasteiger partial charge in [0.05, 0.1) is 5.01 Å². The molecule has 36 heavy (non-hydrogen) atoms. The number of hydrogen-bond acceptors (Lipinski definition) is 5. The maximum Gasteiger partial charge on any atom is 0.275 e. The van der Waals surface area contributed by atoms with Gasteiger partial charge in [0.1, 0.15) is 17.6 Å². The first-order chi connectivity index (χ1) is 17.4. The molecule has 1 aliphatic rings. The highest BCUT2D eigenvalue weighted by Gasteiger charge is 2.29. The maximum absolute atomic E-state index is 14.0. The summed E-state index contributed by atoms with van der Waals surface area (Å²) in [4.78, 5) is 31.7. The van der Waals surface area contributed by atoms with E-state index in [-0.39, 0.29) is 17.7 Å². The molecule has 0 aliphatic carbocycles. The van der Waals surface area contributed by atoms with Crippen molar-refractivity contribution < 1.29 is 19.1 Å². The number of benzene rings is 2. The minimum atomic E-state index is -0.930. The van der Waals surface area contributed by atoms with Crippen LogP contribution in [0.3, 0.4) is 0 Å². The van der Waals surface area contributed by atoms with E-state index in [0.29, 0.717) is 41.5 Å². The summed E-state index contributed by atoms with van der Waals surface area (Å²) in [5, 5.41) is 16.1. The summed E-state index contributed by atoms with van der Waals surface area (Å²) in [6.45, 7) is 3.16. The quantitative estimate of drug-likeness (QED) is 0.368. The Morgan fingerprint density at radius 3 is 2.64 bits per heavy atom. The van der Waals surface area contributed by atoms with Crippen molar-refractivity contribution >= 4 is 40.4 Å². The lowest BCUT2D eigenvalue weighted by atomic mass is 9.97. The number of nitrogens with zero attached hydrogens (tertiary/aromatic N) is 2. The summed E-state index contributed by atoms with van der Waals surface area (Å²) in [5.41, 5.74) is 2.06. The predicted octanol–water partition coefficient (Wildman–Crippen LogP) is 6.11. The number of aliphatic hydroxyl groups is 1. The number of carbonyl (C=O) groups is 2. The molecule has 2 amide bonds. The van der Waals surface area contributed by atoms with E-state index in [0.717, 1.165) is 36.3 Å². The molecule has 0 saturated carbocycles. The second-order valence-electron chi connectivity index (χ2n) is 8.98. The number of hydrogen-bond donors (Lipinski definition) is 2. The zero-order valence-corrected chi connectivity index (χ0v) is 21.6. The molecule has 0 spiro atoms. The van der Waals surface area contributed by atoms with Crippen molar-refractivity contribution in [1.82, 2.24) is 9.88 Å². The van der Waals surface area contributed by atoms with Crippen molar-refractivity contribution in [2.24, 2.45) is 0 Å². The van der Waals surface area contributed by atoms with Gasteiger partial charge < -0.3 is 15.3 Å². The fraction of sp³-hybridized carbons (Fsp3) is 0.370. The van der Waals surface area contributed by atoms with Gasteiger partial charge in [-0.3, -0.25) is 9.59 Å². The lowest BCUT2D eigenvalue weighted by molar-refractivity contribution is -0.141. The van der Waals surface area contributed by atoms with Crippen molar-refractivity contribution in [2.45, 2.75) is 51.0 Å². The van der Waals surface area contributed by atoms with Gasteiger partial charge in [0.25, 0.3) is 11.8 Å². The molecule has 1 aromatic heterocycles. The van der Waals surface area contributed by atoms with Gasteiger partial charge in [0.15, 0.2) is 0 Å². The molecule has 190 valence electrons. The molecule has 6 nitrogen and oxygen atoms in total. The molecule has 1 atom stereocenters. The number of rotatable bonds is 8. The van der Waals surface area contributed by atoms with Gasteiger partial charge in [-0.05, 0) is 55.2 Å². The van der Waals surface area contributed by atoms with E-state index >= 15 is 0 Å². The van der Waals surface area contributed by atoms with Crippen LogP contribution in [0.15, 0.2) is 47.8 Å². The van der Waals surface area contributed by atoms with E-state index in [2.05, 4.69) is 10.3 Å². The van der Waals surface area contributed by atoms with Crippen LogP contribution in [0.4, 0.5) is 10.1 Å². The zero-order chi connectivity index (χ0) is 25.7. The highest BCUT2D eigenvalue weighted by atomic mass is 35.5. The molecule has 0 radical (unpaired) electrons. The fourth-order valence-corrected chi connectivity index (χ4v) is 5.44. The largest absolute Gasteiger partial charge is 0.383 e. The second-order valence-corrected chi connectivity index (χ2v) is 10.3. The summed E-state index contributed by atoms with van der Waals surface area (Å²) in [6, 6.07) is 11.2. The van der Waals surface area contributed by atoms with Crippen LogP contribution in [-0.2, 0) is 4.79 Å². The van der Waals surface area contributed by atoms with Crippen LogP contribution in [0.25, 0.3) is 11.1 Å². The van der Waals surface area contributed by atoms with Crippen molar-refractivity contribution in [3.05, 3.63) is 69.4 Å². The number of anilines is 1. The topological polar surface area (TPSA) is 82.5 Å². The molecule has 1 unspecified atom stereocenters. The number of piperidine rings is 1. The molecule has 3 aromatic rings. The fourth-order valence-electron chi connectivity index (χ4n) is 4.34. The average Bonchev–Trinajstić information content (AvgIpc) is 3.39. The SMILES string of the molecule is CCCCC(O)C(=O)N1CCC(c2nc(C(=O)Nc3ccc(F)cc3-c3ccc(Cl)cc3)cs2)CC1. The number of carbonyl (C=O) groups excluding carboxylic acids is 2. The minimum absolute atomic E-state index is 0.156. The Kier molecular flexibility index (Phi) is 8.72. The molecule has 2 aromatic carbocycles. The Morgan fingerprint density at radius 2 is 1.94 bits per heavy atom. The third-order valence-corrected chi connectivity index (χ3v) is 7.67. The molecule has 1 fully saturated rings. The van der Waals surface area contributed by atoms with Crippen LogP contribution >= 0.6 is 22.9 Å². The van der Waals surface area contributed by atoms with E-state index < -0.39 is 11.9 Å². The third kappa shape index (κ3) is 6.30. The number of aromatic nitrogens is 1. The van der Waals surface area contributed by atoms with Gasteiger partial charge in [0.2, 0.25) is 0 Å². The number of aliphatic hydroxyl groups excluding tert-OH is 1. The number of amides is 2. The molecule has 2 heterocycles. The molecule has 9 heteroatoms. The smallest absolute Gasteiger partial charge is 0.275 e. The number of halogens is 2. The third-order valence-electron chi connectivity index (χ3n) is 6.41. The van der Waals surface area contributed by atoms with E-state index in [9.17, 15) is 19.1 Å². The molecule has 1 aliphatic heterocycles. The van der Waals surface area contributed by atoms with Crippen molar-refractivity contribution in [2.75, 3.05) is 18.4 Å². The Morgan fingerprint density at radius 1 is 1.22 bits per heavy atom. The zero-order valence-electron chi connectivity index (χ0n) is 20.0. The summed E-state index contributed by atoms with van der Waals surface area (Å²) in [7, 11) is 0. The van der Waals surface area contributed by atoms with Gasteiger partial charge in [-0.25, -0.2) is 9.37 Å². The van der Waals surface area contributed by atoms with E-state index in [1.165, 1.54) is 29.5 Å². The monoisotopic (exact) mass is 529 g/mol. The summed E-state index contributed by atoms with van der Waals surface area (Å²) in [6.07, 6.45) is 2.80. The van der Waals surface area contributed by atoms with E-state index in [4.69, 9.17) is 11.6 Å². The number of unbranched alkanes of at least 4 members (excludes halogenated alkanes) is 1. The Hall–Kier alpha value is -2.81. The predicted molar refractivity (Wildman–Crippen MR) is 141 cm³/mol. The highest BCUT2D eigenvalue weighted by Crippen LogP contribution is 2.33. The summed E-state index contributed by atoms with van der Waals surface area (Å²) < 4.78 is 14.0.